The average Bonchev–Trinajstić information content (AvgIpc) is 2.21. The van der Waals surface area contributed by atoms with E-state index in [1.54, 1.807) is 14.2 Å². The molecule has 0 heterocycles. The van der Waals surface area contributed by atoms with Crippen molar-refractivity contribution in [3.8, 4) is 11.5 Å². The maximum absolute atomic E-state index is 6.00. The molecule has 0 saturated carbocycles. The zero-order chi connectivity index (χ0) is 11.6. The second-order valence-corrected chi connectivity index (χ2v) is 3.89. The highest BCUT2D eigenvalue weighted by molar-refractivity contribution is 5.67. The van der Waals surface area contributed by atoms with Crippen molar-refractivity contribution < 1.29 is 9.47 Å². The molecule has 0 saturated heterocycles. The summed E-state index contributed by atoms with van der Waals surface area (Å²) in [5, 5.41) is 0. The van der Waals surface area contributed by atoms with E-state index < -0.39 is 0 Å². The van der Waals surface area contributed by atoms with Crippen LogP contribution in [-0.2, 0) is 0 Å². The van der Waals surface area contributed by atoms with E-state index in [4.69, 9.17) is 15.2 Å². The molecule has 0 aliphatic heterocycles. The molecule has 2 N–H and O–H groups in total. The summed E-state index contributed by atoms with van der Waals surface area (Å²) in [6.07, 6.45) is 0. The topological polar surface area (TPSA) is 44.5 Å². The minimum absolute atomic E-state index is 0.358. The smallest absolute Gasteiger partial charge is 0.145 e. The monoisotopic (exact) mass is 209 g/mol. The molecule has 1 aromatic rings. The maximum Gasteiger partial charge on any atom is 0.145 e. The summed E-state index contributed by atoms with van der Waals surface area (Å²) >= 11 is 0. The van der Waals surface area contributed by atoms with Crippen LogP contribution >= 0.6 is 0 Å². The zero-order valence-electron chi connectivity index (χ0n) is 10.0. The van der Waals surface area contributed by atoms with Crippen molar-refractivity contribution in [1.29, 1.82) is 0 Å². The van der Waals surface area contributed by atoms with E-state index in [-0.39, 0.29) is 0 Å². The van der Waals surface area contributed by atoms with Gasteiger partial charge in [-0.25, -0.2) is 0 Å². The Morgan fingerprint density at radius 2 is 1.80 bits per heavy atom. The first-order valence-electron chi connectivity index (χ1n) is 5.03. The first-order chi connectivity index (χ1) is 7.02. The van der Waals surface area contributed by atoms with Gasteiger partial charge in [-0.05, 0) is 18.9 Å². The van der Waals surface area contributed by atoms with Gasteiger partial charge in [-0.15, -0.1) is 0 Å². The maximum atomic E-state index is 6.00. The van der Waals surface area contributed by atoms with E-state index in [1.807, 2.05) is 13.0 Å². The summed E-state index contributed by atoms with van der Waals surface area (Å²) in [6.45, 7) is 6.14. The first kappa shape index (κ1) is 11.7. The molecule has 3 nitrogen and oxygen atoms in total. The van der Waals surface area contributed by atoms with Crippen LogP contribution in [0, 0.1) is 6.92 Å². The van der Waals surface area contributed by atoms with Crippen molar-refractivity contribution in [2.45, 2.75) is 26.7 Å². The third-order valence-corrected chi connectivity index (χ3v) is 2.61. The van der Waals surface area contributed by atoms with E-state index in [9.17, 15) is 0 Å². The fourth-order valence-corrected chi connectivity index (χ4v) is 1.64. The van der Waals surface area contributed by atoms with Gasteiger partial charge in [0.25, 0.3) is 0 Å². The van der Waals surface area contributed by atoms with Gasteiger partial charge >= 0.3 is 0 Å². The summed E-state index contributed by atoms with van der Waals surface area (Å²) in [4.78, 5) is 0. The number of rotatable bonds is 3. The highest BCUT2D eigenvalue weighted by Gasteiger charge is 2.16. The Bertz CT molecular complexity index is 359. The largest absolute Gasteiger partial charge is 0.496 e. The van der Waals surface area contributed by atoms with Gasteiger partial charge in [0.2, 0.25) is 0 Å². The zero-order valence-corrected chi connectivity index (χ0v) is 10.0. The van der Waals surface area contributed by atoms with E-state index in [1.165, 1.54) is 0 Å². The van der Waals surface area contributed by atoms with Crippen LogP contribution < -0.4 is 15.2 Å². The number of benzene rings is 1. The van der Waals surface area contributed by atoms with Crippen molar-refractivity contribution in [1.82, 2.24) is 0 Å². The van der Waals surface area contributed by atoms with Gasteiger partial charge in [-0.1, -0.05) is 13.8 Å². The number of hydrogen-bond donors (Lipinski definition) is 1. The van der Waals surface area contributed by atoms with Crippen molar-refractivity contribution in [2.75, 3.05) is 20.0 Å². The summed E-state index contributed by atoms with van der Waals surface area (Å²) in [5.41, 5.74) is 8.68. The number of ether oxygens (including phenoxy) is 2. The van der Waals surface area contributed by atoms with Gasteiger partial charge in [-0.2, -0.15) is 0 Å². The molecule has 0 unspecified atom stereocenters. The van der Waals surface area contributed by atoms with E-state index in [0.29, 0.717) is 11.6 Å². The predicted molar refractivity (Wildman–Crippen MR) is 62.8 cm³/mol. The second-order valence-electron chi connectivity index (χ2n) is 3.89. The van der Waals surface area contributed by atoms with E-state index in [0.717, 1.165) is 22.6 Å². The number of methoxy groups -OCH3 is 2. The Morgan fingerprint density at radius 3 is 2.20 bits per heavy atom. The number of hydrogen-bond acceptors (Lipinski definition) is 3. The van der Waals surface area contributed by atoms with Crippen LogP contribution in [0.3, 0.4) is 0 Å². The Balaban J connectivity index is 3.44. The normalized spacial score (nSPS) is 10.5. The van der Waals surface area contributed by atoms with Gasteiger partial charge in [-0.3, -0.25) is 0 Å². The molecule has 1 rings (SSSR count). The lowest BCUT2D eigenvalue weighted by Gasteiger charge is -2.18. The summed E-state index contributed by atoms with van der Waals surface area (Å²) in [6, 6.07) is 2.00. The van der Waals surface area contributed by atoms with Crippen molar-refractivity contribution >= 4 is 5.69 Å². The Hall–Kier alpha value is -1.38. The Morgan fingerprint density at radius 1 is 1.20 bits per heavy atom. The molecule has 0 fully saturated rings. The highest BCUT2D eigenvalue weighted by Crippen LogP contribution is 2.39. The van der Waals surface area contributed by atoms with Crippen LogP contribution in [0.5, 0.6) is 11.5 Å². The lowest BCUT2D eigenvalue weighted by molar-refractivity contribution is 0.396. The fourth-order valence-electron chi connectivity index (χ4n) is 1.64. The number of nitrogen functional groups attached to an aromatic ring is 1. The van der Waals surface area contributed by atoms with Gasteiger partial charge < -0.3 is 15.2 Å². The second kappa shape index (κ2) is 4.43. The molecule has 15 heavy (non-hydrogen) atoms. The summed E-state index contributed by atoms with van der Waals surface area (Å²) in [7, 11) is 3.29. The average molecular weight is 209 g/mol. The molecular formula is C12H19NO2. The van der Waals surface area contributed by atoms with Crippen LogP contribution in [0.15, 0.2) is 6.07 Å². The van der Waals surface area contributed by atoms with E-state index >= 15 is 0 Å². The molecule has 0 radical (unpaired) electrons. The van der Waals surface area contributed by atoms with Gasteiger partial charge in [0.1, 0.15) is 11.5 Å². The Labute approximate surface area is 91.2 Å². The van der Waals surface area contributed by atoms with Crippen LogP contribution in [-0.4, -0.2) is 14.2 Å². The molecular weight excluding hydrogens is 190 g/mol. The van der Waals surface area contributed by atoms with Crippen LogP contribution in [0.25, 0.3) is 0 Å². The quantitative estimate of drug-likeness (QED) is 0.778. The molecule has 1 aromatic carbocycles. The number of anilines is 1. The van der Waals surface area contributed by atoms with Gasteiger partial charge in [0.15, 0.2) is 0 Å². The lowest BCUT2D eigenvalue weighted by Crippen LogP contribution is -2.03. The number of nitrogens with two attached hydrogens (primary N) is 1. The summed E-state index contributed by atoms with van der Waals surface area (Å²) in [5.74, 6) is 1.94. The molecule has 0 spiro atoms. The summed E-state index contributed by atoms with van der Waals surface area (Å²) < 4.78 is 10.6. The molecule has 0 bridgehead atoms. The SMILES string of the molecule is COc1cc(C(C)C)c(OC)c(N)c1C. The standard InChI is InChI=1S/C12H19NO2/c1-7(2)9-6-10(14-4)8(3)11(13)12(9)15-5/h6-7H,13H2,1-5H3. The fraction of sp³-hybridized carbons (Fsp3) is 0.500. The van der Waals surface area contributed by atoms with Gasteiger partial charge in [0.05, 0.1) is 19.9 Å². The van der Waals surface area contributed by atoms with Gasteiger partial charge in [0, 0.05) is 11.1 Å². The predicted octanol–water partition coefficient (Wildman–Crippen LogP) is 2.72. The minimum Gasteiger partial charge on any atom is -0.496 e. The lowest BCUT2D eigenvalue weighted by atomic mass is 9.98. The molecule has 0 aromatic heterocycles. The molecule has 0 aliphatic carbocycles. The molecule has 84 valence electrons. The van der Waals surface area contributed by atoms with Crippen LogP contribution in [0.4, 0.5) is 5.69 Å². The van der Waals surface area contributed by atoms with Crippen LogP contribution in [0.2, 0.25) is 0 Å². The van der Waals surface area contributed by atoms with Crippen molar-refractivity contribution in [3.63, 3.8) is 0 Å². The molecule has 0 amide bonds. The van der Waals surface area contributed by atoms with E-state index in [2.05, 4.69) is 13.8 Å². The van der Waals surface area contributed by atoms with Crippen LogP contribution in [0.1, 0.15) is 30.9 Å². The minimum atomic E-state index is 0.358. The Kier molecular flexibility index (Phi) is 3.45. The first-order valence-corrected chi connectivity index (χ1v) is 5.03. The third-order valence-electron chi connectivity index (χ3n) is 2.61. The molecule has 0 aliphatic rings. The molecule has 0 atom stereocenters. The van der Waals surface area contributed by atoms with Crippen molar-refractivity contribution in [3.05, 3.63) is 17.2 Å². The molecule has 3 heteroatoms. The highest BCUT2D eigenvalue weighted by atomic mass is 16.5. The third kappa shape index (κ3) is 2.01. The van der Waals surface area contributed by atoms with Crippen molar-refractivity contribution in [2.24, 2.45) is 0 Å².